The van der Waals surface area contributed by atoms with E-state index in [1.165, 1.54) is 0 Å². The van der Waals surface area contributed by atoms with Gasteiger partial charge < -0.3 is 24.2 Å². The molecule has 0 aromatic heterocycles. The molecule has 1 unspecified atom stereocenters. The van der Waals surface area contributed by atoms with Crippen LogP contribution in [0.2, 0.25) is 0 Å². The summed E-state index contributed by atoms with van der Waals surface area (Å²) in [6, 6.07) is 5.34. The second kappa shape index (κ2) is 7.76. The van der Waals surface area contributed by atoms with Crippen LogP contribution >= 0.6 is 0 Å². The van der Waals surface area contributed by atoms with Crippen molar-refractivity contribution in [3.05, 3.63) is 23.8 Å². The largest absolute Gasteiger partial charge is 0.490 e. The van der Waals surface area contributed by atoms with Gasteiger partial charge >= 0.3 is 5.97 Å². The van der Waals surface area contributed by atoms with Crippen molar-refractivity contribution in [2.75, 3.05) is 32.9 Å². The molecule has 146 valence electrons. The predicted molar refractivity (Wildman–Crippen MR) is 96.2 cm³/mol. The monoisotopic (exact) mass is 375 g/mol. The van der Waals surface area contributed by atoms with Gasteiger partial charge in [0.2, 0.25) is 0 Å². The van der Waals surface area contributed by atoms with Crippen LogP contribution in [0.3, 0.4) is 0 Å². The van der Waals surface area contributed by atoms with Gasteiger partial charge in [0, 0.05) is 31.7 Å². The van der Waals surface area contributed by atoms with Gasteiger partial charge in [-0.05, 0) is 43.4 Å². The number of fused-ring (bicyclic) bond motifs is 1. The van der Waals surface area contributed by atoms with Gasteiger partial charge in [-0.25, -0.2) is 0 Å². The Morgan fingerprint density at radius 2 is 1.74 bits per heavy atom. The molecular formula is C20H25NO6. The van der Waals surface area contributed by atoms with Gasteiger partial charge in [0.15, 0.2) is 11.5 Å². The van der Waals surface area contributed by atoms with Gasteiger partial charge in [-0.15, -0.1) is 0 Å². The van der Waals surface area contributed by atoms with Crippen molar-refractivity contribution in [3.63, 3.8) is 0 Å². The number of carboxylic acid groups (broad SMARTS) is 1. The Balaban J connectivity index is 1.39. The van der Waals surface area contributed by atoms with E-state index in [-0.39, 0.29) is 17.9 Å². The van der Waals surface area contributed by atoms with Crippen LogP contribution in [0.1, 0.15) is 36.0 Å². The van der Waals surface area contributed by atoms with E-state index in [2.05, 4.69) is 0 Å². The molecule has 7 heteroatoms. The van der Waals surface area contributed by atoms with E-state index in [0.29, 0.717) is 56.4 Å². The quantitative estimate of drug-likeness (QED) is 0.872. The highest BCUT2D eigenvalue weighted by Crippen LogP contribution is 2.34. The molecule has 27 heavy (non-hydrogen) atoms. The number of nitrogens with zero attached hydrogens (tertiary/aromatic N) is 1. The molecule has 0 bridgehead atoms. The Morgan fingerprint density at radius 3 is 2.48 bits per heavy atom. The molecule has 1 amide bonds. The number of likely N-dealkylation sites (tertiary alicyclic amines) is 1. The van der Waals surface area contributed by atoms with Gasteiger partial charge in [-0.2, -0.15) is 0 Å². The second-order valence-corrected chi connectivity index (χ2v) is 7.41. The number of hydrogen-bond donors (Lipinski definition) is 1. The van der Waals surface area contributed by atoms with E-state index < -0.39 is 11.9 Å². The summed E-state index contributed by atoms with van der Waals surface area (Å²) >= 11 is 0. The number of benzene rings is 1. The normalized spacial score (nSPS) is 25.9. The fourth-order valence-electron chi connectivity index (χ4n) is 4.25. The number of carboxylic acids is 1. The molecule has 2 atom stereocenters. The zero-order valence-corrected chi connectivity index (χ0v) is 15.3. The maximum absolute atomic E-state index is 12.9. The Morgan fingerprint density at radius 1 is 1.00 bits per heavy atom. The van der Waals surface area contributed by atoms with Crippen molar-refractivity contribution in [2.45, 2.75) is 31.8 Å². The summed E-state index contributed by atoms with van der Waals surface area (Å²) in [5.74, 6) is 0.285. The summed E-state index contributed by atoms with van der Waals surface area (Å²) in [5.41, 5.74) is 0.596. The molecule has 0 spiro atoms. The van der Waals surface area contributed by atoms with E-state index in [9.17, 15) is 14.7 Å². The number of piperidine rings is 1. The van der Waals surface area contributed by atoms with E-state index >= 15 is 0 Å². The summed E-state index contributed by atoms with van der Waals surface area (Å²) in [4.78, 5) is 26.1. The number of hydrogen-bond acceptors (Lipinski definition) is 5. The lowest BCUT2D eigenvalue weighted by molar-refractivity contribution is -0.145. The minimum absolute atomic E-state index is 0.0220. The SMILES string of the molecule is O=C(O)C1CCO[C@H]1C1CCN(C(=O)c2ccc3c(c2)OCCCO3)CC1. The van der Waals surface area contributed by atoms with Crippen LogP contribution in [-0.4, -0.2) is 60.9 Å². The first-order chi connectivity index (χ1) is 13.1. The maximum atomic E-state index is 12.9. The van der Waals surface area contributed by atoms with E-state index in [1.807, 2.05) is 4.90 Å². The smallest absolute Gasteiger partial charge is 0.309 e. The average Bonchev–Trinajstić information content (AvgIpc) is 3.07. The minimum Gasteiger partial charge on any atom is -0.490 e. The van der Waals surface area contributed by atoms with Crippen molar-refractivity contribution in [1.29, 1.82) is 0 Å². The Bertz CT molecular complexity index is 712. The molecule has 7 nitrogen and oxygen atoms in total. The maximum Gasteiger partial charge on any atom is 0.309 e. The molecule has 3 aliphatic heterocycles. The predicted octanol–water partition coefficient (Wildman–Crippen LogP) is 2.19. The number of ether oxygens (including phenoxy) is 3. The fraction of sp³-hybridized carbons (Fsp3) is 0.600. The Kier molecular flexibility index (Phi) is 5.20. The van der Waals surface area contributed by atoms with Crippen LogP contribution < -0.4 is 9.47 Å². The van der Waals surface area contributed by atoms with Crippen molar-refractivity contribution in [1.82, 2.24) is 4.90 Å². The zero-order chi connectivity index (χ0) is 18.8. The van der Waals surface area contributed by atoms with Crippen molar-refractivity contribution in [2.24, 2.45) is 11.8 Å². The minimum atomic E-state index is -0.775. The van der Waals surface area contributed by atoms with Crippen LogP contribution in [0.5, 0.6) is 11.5 Å². The third-order valence-electron chi connectivity index (χ3n) is 5.74. The number of carbonyl (C=O) groups is 2. The fourth-order valence-corrected chi connectivity index (χ4v) is 4.25. The second-order valence-electron chi connectivity index (χ2n) is 7.41. The lowest BCUT2D eigenvalue weighted by Crippen LogP contribution is -2.43. The Labute approximate surface area is 158 Å². The molecule has 2 fully saturated rings. The van der Waals surface area contributed by atoms with E-state index in [0.717, 1.165) is 19.3 Å². The molecule has 1 aromatic carbocycles. The zero-order valence-electron chi connectivity index (χ0n) is 15.3. The van der Waals surface area contributed by atoms with Crippen LogP contribution in [0.4, 0.5) is 0 Å². The highest BCUT2D eigenvalue weighted by Gasteiger charge is 2.40. The van der Waals surface area contributed by atoms with Crippen LogP contribution in [0.25, 0.3) is 0 Å². The molecule has 2 saturated heterocycles. The first kappa shape index (κ1) is 18.1. The summed E-state index contributed by atoms with van der Waals surface area (Å²) < 4.78 is 17.0. The third-order valence-corrected chi connectivity index (χ3v) is 5.74. The molecule has 4 rings (SSSR count). The molecule has 1 N–H and O–H groups in total. The topological polar surface area (TPSA) is 85.3 Å². The van der Waals surface area contributed by atoms with Crippen LogP contribution in [0.15, 0.2) is 18.2 Å². The molecule has 3 heterocycles. The summed E-state index contributed by atoms with van der Waals surface area (Å²) in [5, 5.41) is 9.35. The van der Waals surface area contributed by atoms with Gasteiger partial charge in [-0.1, -0.05) is 0 Å². The highest BCUT2D eigenvalue weighted by atomic mass is 16.5. The molecule has 1 aromatic rings. The van der Waals surface area contributed by atoms with E-state index in [4.69, 9.17) is 14.2 Å². The summed E-state index contributed by atoms with van der Waals surface area (Å²) in [6.45, 7) is 2.95. The number of aliphatic carboxylic acids is 1. The van der Waals surface area contributed by atoms with Crippen molar-refractivity contribution < 1.29 is 28.9 Å². The van der Waals surface area contributed by atoms with Gasteiger partial charge in [-0.3, -0.25) is 9.59 Å². The van der Waals surface area contributed by atoms with Crippen molar-refractivity contribution in [3.8, 4) is 11.5 Å². The first-order valence-electron chi connectivity index (χ1n) is 9.67. The van der Waals surface area contributed by atoms with Crippen molar-refractivity contribution >= 4 is 11.9 Å². The molecule has 3 aliphatic rings. The highest BCUT2D eigenvalue weighted by molar-refractivity contribution is 5.95. The summed E-state index contributed by atoms with van der Waals surface area (Å²) in [7, 11) is 0. The van der Waals surface area contributed by atoms with Crippen LogP contribution in [-0.2, 0) is 9.53 Å². The molecular weight excluding hydrogens is 350 g/mol. The van der Waals surface area contributed by atoms with Gasteiger partial charge in [0.05, 0.1) is 25.2 Å². The lowest BCUT2D eigenvalue weighted by Gasteiger charge is -2.35. The molecule has 0 aliphatic carbocycles. The third kappa shape index (κ3) is 3.74. The number of amides is 1. The number of carbonyl (C=O) groups excluding carboxylic acids is 1. The molecule has 0 saturated carbocycles. The standard InChI is InChI=1S/C20H25NO6/c22-19(14-2-3-16-17(12-14)26-10-1-9-25-16)21-7-4-13(5-8-21)18-15(20(23)24)6-11-27-18/h2-3,12-13,15,18H,1,4-11H2,(H,23,24)/t15?,18-/m0/s1. The number of rotatable bonds is 3. The van der Waals surface area contributed by atoms with Gasteiger partial charge in [0.25, 0.3) is 5.91 Å². The van der Waals surface area contributed by atoms with Gasteiger partial charge in [0.1, 0.15) is 0 Å². The van der Waals surface area contributed by atoms with E-state index in [1.54, 1.807) is 18.2 Å². The molecule has 0 radical (unpaired) electrons. The lowest BCUT2D eigenvalue weighted by atomic mass is 9.84. The summed E-state index contributed by atoms with van der Waals surface area (Å²) in [6.07, 6.45) is 2.72. The Hall–Kier alpha value is -2.28. The van der Waals surface area contributed by atoms with Crippen LogP contribution in [0, 0.1) is 11.8 Å². The average molecular weight is 375 g/mol. The first-order valence-corrected chi connectivity index (χ1v) is 9.67.